The SMILES string of the molecule is COc1cc(CCC(=O)N2CCN(C(=O)NCC(C)C(=O)O)CC2)ccc1NC(=O)Nc1ccccc1C. The highest BCUT2D eigenvalue weighted by Gasteiger charge is 2.24. The monoisotopic (exact) mass is 525 g/mol. The maximum atomic E-state index is 12.8. The van der Waals surface area contributed by atoms with Gasteiger partial charge in [0.25, 0.3) is 0 Å². The summed E-state index contributed by atoms with van der Waals surface area (Å²) in [4.78, 5) is 51.7. The third-order valence-corrected chi connectivity index (χ3v) is 6.44. The number of amides is 5. The number of urea groups is 2. The van der Waals surface area contributed by atoms with Gasteiger partial charge in [-0.15, -0.1) is 0 Å². The highest BCUT2D eigenvalue weighted by molar-refractivity contribution is 6.01. The van der Waals surface area contributed by atoms with Crippen molar-refractivity contribution in [3.05, 3.63) is 53.6 Å². The molecule has 1 atom stereocenters. The molecule has 38 heavy (non-hydrogen) atoms. The molecule has 11 nitrogen and oxygen atoms in total. The lowest BCUT2D eigenvalue weighted by Gasteiger charge is -2.35. The molecule has 0 spiro atoms. The molecule has 0 aliphatic carbocycles. The number of carboxylic acids is 1. The van der Waals surface area contributed by atoms with Crippen molar-refractivity contribution in [2.45, 2.75) is 26.7 Å². The van der Waals surface area contributed by atoms with Crippen molar-refractivity contribution in [3.63, 3.8) is 0 Å². The number of methoxy groups -OCH3 is 1. The fourth-order valence-electron chi connectivity index (χ4n) is 3.99. The average molecular weight is 526 g/mol. The Bertz CT molecular complexity index is 1160. The first kappa shape index (κ1) is 28.3. The summed E-state index contributed by atoms with van der Waals surface area (Å²) >= 11 is 0. The van der Waals surface area contributed by atoms with Crippen molar-refractivity contribution in [2.75, 3.05) is 50.5 Å². The molecular formula is C27H35N5O6. The summed E-state index contributed by atoms with van der Waals surface area (Å²) in [6.07, 6.45) is 0.796. The quantitative estimate of drug-likeness (QED) is 0.397. The smallest absolute Gasteiger partial charge is 0.323 e. The maximum Gasteiger partial charge on any atom is 0.323 e. The predicted molar refractivity (Wildman–Crippen MR) is 143 cm³/mol. The van der Waals surface area contributed by atoms with Gasteiger partial charge in [-0.2, -0.15) is 0 Å². The maximum absolute atomic E-state index is 12.8. The van der Waals surface area contributed by atoms with Crippen LogP contribution in [0.25, 0.3) is 0 Å². The summed E-state index contributed by atoms with van der Waals surface area (Å²) in [7, 11) is 1.52. The molecule has 4 N–H and O–H groups in total. The molecule has 11 heteroatoms. The van der Waals surface area contributed by atoms with E-state index in [0.29, 0.717) is 56.1 Å². The van der Waals surface area contributed by atoms with Crippen LogP contribution in [0.1, 0.15) is 24.5 Å². The average Bonchev–Trinajstić information content (AvgIpc) is 2.91. The zero-order valence-corrected chi connectivity index (χ0v) is 22.0. The third-order valence-electron chi connectivity index (χ3n) is 6.44. The Morgan fingerprint density at radius 3 is 2.29 bits per heavy atom. The van der Waals surface area contributed by atoms with Crippen molar-refractivity contribution in [2.24, 2.45) is 5.92 Å². The Labute approximate surface area is 222 Å². The number of ether oxygens (including phenoxy) is 1. The van der Waals surface area contributed by atoms with Gasteiger partial charge in [0.15, 0.2) is 0 Å². The Hall–Kier alpha value is -4.28. The van der Waals surface area contributed by atoms with Gasteiger partial charge in [-0.3, -0.25) is 9.59 Å². The first-order chi connectivity index (χ1) is 18.2. The highest BCUT2D eigenvalue weighted by Crippen LogP contribution is 2.27. The molecule has 1 heterocycles. The Balaban J connectivity index is 1.46. The number of hydrogen-bond acceptors (Lipinski definition) is 5. The van der Waals surface area contributed by atoms with Crippen LogP contribution in [0, 0.1) is 12.8 Å². The molecule has 2 aromatic carbocycles. The topological polar surface area (TPSA) is 140 Å². The van der Waals surface area contributed by atoms with Crippen molar-refractivity contribution in [1.82, 2.24) is 15.1 Å². The summed E-state index contributed by atoms with van der Waals surface area (Å²) in [6.45, 7) is 5.11. The first-order valence-corrected chi connectivity index (χ1v) is 12.5. The Kier molecular flexibility index (Phi) is 9.92. The highest BCUT2D eigenvalue weighted by atomic mass is 16.5. The largest absolute Gasteiger partial charge is 0.495 e. The number of para-hydroxylation sites is 1. The summed E-state index contributed by atoms with van der Waals surface area (Å²) in [5.74, 6) is -1.15. The lowest BCUT2D eigenvalue weighted by molar-refractivity contribution is -0.141. The van der Waals surface area contributed by atoms with Crippen LogP contribution in [-0.2, 0) is 16.0 Å². The molecule has 1 unspecified atom stereocenters. The number of aliphatic carboxylic acids is 1. The van der Waals surface area contributed by atoms with E-state index in [1.54, 1.807) is 21.9 Å². The van der Waals surface area contributed by atoms with Crippen LogP contribution in [0.2, 0.25) is 0 Å². The van der Waals surface area contributed by atoms with Crippen LogP contribution in [0.5, 0.6) is 5.75 Å². The van der Waals surface area contributed by atoms with E-state index in [2.05, 4.69) is 16.0 Å². The molecule has 0 radical (unpaired) electrons. The number of aryl methyl sites for hydroxylation is 2. The molecule has 0 saturated carbocycles. The van der Waals surface area contributed by atoms with E-state index in [0.717, 1.165) is 11.1 Å². The fraction of sp³-hybridized carbons (Fsp3) is 0.407. The normalized spacial score (nSPS) is 13.9. The van der Waals surface area contributed by atoms with Crippen LogP contribution in [0.15, 0.2) is 42.5 Å². The van der Waals surface area contributed by atoms with E-state index in [9.17, 15) is 19.2 Å². The van der Waals surface area contributed by atoms with Crippen molar-refractivity contribution >= 4 is 35.3 Å². The number of carbonyl (C=O) groups is 4. The van der Waals surface area contributed by atoms with Crippen LogP contribution in [0.4, 0.5) is 21.0 Å². The third kappa shape index (κ3) is 7.86. The van der Waals surface area contributed by atoms with Crippen molar-refractivity contribution < 1.29 is 29.0 Å². The van der Waals surface area contributed by atoms with Gasteiger partial charge in [0.1, 0.15) is 5.75 Å². The summed E-state index contributed by atoms with van der Waals surface area (Å²) < 4.78 is 5.45. The van der Waals surface area contributed by atoms with Crippen molar-refractivity contribution in [1.29, 1.82) is 0 Å². The molecule has 1 aliphatic heterocycles. The molecule has 5 amide bonds. The zero-order valence-electron chi connectivity index (χ0n) is 22.0. The van der Waals surface area contributed by atoms with Gasteiger partial charge >= 0.3 is 18.0 Å². The zero-order chi connectivity index (χ0) is 27.7. The lowest BCUT2D eigenvalue weighted by atomic mass is 10.1. The van der Waals surface area contributed by atoms with Crippen LogP contribution in [-0.4, -0.2) is 78.7 Å². The van der Waals surface area contributed by atoms with Gasteiger partial charge in [0, 0.05) is 44.8 Å². The van der Waals surface area contributed by atoms with E-state index in [-0.39, 0.29) is 24.5 Å². The molecule has 1 saturated heterocycles. The summed E-state index contributed by atoms with van der Waals surface area (Å²) in [5.41, 5.74) is 3.07. The van der Waals surface area contributed by atoms with E-state index >= 15 is 0 Å². The van der Waals surface area contributed by atoms with E-state index in [4.69, 9.17) is 9.84 Å². The minimum atomic E-state index is -0.965. The molecule has 3 rings (SSSR count). The first-order valence-electron chi connectivity index (χ1n) is 12.5. The predicted octanol–water partition coefficient (Wildman–Crippen LogP) is 3.15. The molecule has 1 fully saturated rings. The number of rotatable bonds is 9. The minimum Gasteiger partial charge on any atom is -0.495 e. The second kappa shape index (κ2) is 13.3. The number of piperazine rings is 1. The number of benzene rings is 2. The summed E-state index contributed by atoms with van der Waals surface area (Å²) in [6, 6.07) is 12.2. The molecule has 204 valence electrons. The number of anilines is 2. The van der Waals surface area contributed by atoms with Crippen LogP contribution >= 0.6 is 0 Å². The molecule has 0 aromatic heterocycles. The number of carboxylic acid groups (broad SMARTS) is 1. The van der Waals surface area contributed by atoms with Gasteiger partial charge in [-0.1, -0.05) is 31.2 Å². The van der Waals surface area contributed by atoms with Gasteiger partial charge in [-0.25, -0.2) is 9.59 Å². The Morgan fingerprint density at radius 1 is 0.974 bits per heavy atom. The van der Waals surface area contributed by atoms with Gasteiger partial charge in [-0.05, 0) is 42.7 Å². The number of nitrogens with one attached hydrogen (secondary N) is 3. The second-order valence-electron chi connectivity index (χ2n) is 9.22. The molecule has 2 aromatic rings. The standard InChI is InChI=1S/C27H35N5O6/c1-18-6-4-5-7-21(18)29-26(36)30-22-10-8-20(16-23(22)38-3)9-11-24(33)31-12-14-32(15-13-31)27(37)28-17-19(2)25(34)35/h4-8,10,16,19H,9,11-15,17H2,1-3H3,(H,28,37)(H,34,35)(H2,29,30,36). The van der Waals surface area contributed by atoms with E-state index < -0.39 is 11.9 Å². The van der Waals surface area contributed by atoms with E-state index in [1.807, 2.05) is 37.3 Å². The fourth-order valence-corrected chi connectivity index (χ4v) is 3.99. The van der Waals surface area contributed by atoms with E-state index in [1.165, 1.54) is 14.0 Å². The lowest BCUT2D eigenvalue weighted by Crippen LogP contribution is -2.53. The van der Waals surface area contributed by atoms with Gasteiger partial charge in [0.2, 0.25) is 5.91 Å². The van der Waals surface area contributed by atoms with Crippen LogP contribution < -0.4 is 20.7 Å². The second-order valence-corrected chi connectivity index (χ2v) is 9.22. The van der Waals surface area contributed by atoms with Crippen LogP contribution in [0.3, 0.4) is 0 Å². The number of carbonyl (C=O) groups excluding carboxylic acids is 3. The van der Waals surface area contributed by atoms with Gasteiger partial charge in [0.05, 0.1) is 18.7 Å². The number of hydrogen-bond donors (Lipinski definition) is 4. The molecular weight excluding hydrogens is 490 g/mol. The summed E-state index contributed by atoms with van der Waals surface area (Å²) in [5, 5.41) is 17.2. The van der Waals surface area contributed by atoms with Gasteiger partial charge < -0.3 is 35.6 Å². The molecule has 1 aliphatic rings. The molecule has 0 bridgehead atoms. The number of nitrogens with zero attached hydrogens (tertiary/aromatic N) is 2. The minimum absolute atomic E-state index is 0.0108. The van der Waals surface area contributed by atoms with Crippen molar-refractivity contribution in [3.8, 4) is 5.75 Å². The Morgan fingerprint density at radius 2 is 1.63 bits per heavy atom.